The van der Waals surface area contributed by atoms with Crippen LogP contribution in [-0.2, 0) is 11.0 Å². The molecule has 3 heterocycles. The number of benzene rings is 1. The predicted molar refractivity (Wildman–Crippen MR) is 125 cm³/mol. The van der Waals surface area contributed by atoms with E-state index in [0.29, 0.717) is 44.4 Å². The lowest BCUT2D eigenvalue weighted by Crippen LogP contribution is -2.54. The fraction of sp³-hybridized carbons (Fsp3) is 0.520. The first-order valence-corrected chi connectivity index (χ1v) is 12.2. The Labute approximate surface area is 211 Å². The summed E-state index contributed by atoms with van der Waals surface area (Å²) in [5, 5.41) is 9.56. The maximum atomic E-state index is 13.5. The number of rotatable bonds is 6. The van der Waals surface area contributed by atoms with Gasteiger partial charge in [0.15, 0.2) is 0 Å². The molecule has 3 fully saturated rings. The molecule has 12 heteroatoms. The second-order valence-corrected chi connectivity index (χ2v) is 9.88. The summed E-state index contributed by atoms with van der Waals surface area (Å²) in [7, 11) is 1.24. The van der Waals surface area contributed by atoms with Crippen molar-refractivity contribution in [2.75, 3.05) is 33.2 Å². The monoisotopic (exact) mass is 519 g/mol. The van der Waals surface area contributed by atoms with Crippen molar-refractivity contribution >= 4 is 12.0 Å². The van der Waals surface area contributed by atoms with E-state index in [1.54, 1.807) is 17.3 Å². The number of carbonyl (C=O) groups is 2. The highest BCUT2D eigenvalue weighted by atomic mass is 19.4. The van der Waals surface area contributed by atoms with E-state index in [1.807, 2.05) is 0 Å². The van der Waals surface area contributed by atoms with Gasteiger partial charge in [0, 0.05) is 51.6 Å². The third-order valence-electron chi connectivity index (χ3n) is 7.30. The summed E-state index contributed by atoms with van der Waals surface area (Å²) in [6.07, 6.45) is 0.367. The van der Waals surface area contributed by atoms with Gasteiger partial charge in [-0.15, -0.1) is 0 Å². The Morgan fingerprint density at radius 1 is 1.11 bits per heavy atom. The molecule has 1 aromatic carbocycles. The first kappa shape index (κ1) is 25.2. The minimum absolute atomic E-state index is 0.0183. The van der Waals surface area contributed by atoms with Crippen molar-refractivity contribution < 1.29 is 32.6 Å². The van der Waals surface area contributed by atoms with Crippen molar-refractivity contribution in [1.29, 1.82) is 0 Å². The van der Waals surface area contributed by atoms with Gasteiger partial charge in [-0.05, 0) is 30.5 Å². The van der Waals surface area contributed by atoms with E-state index in [4.69, 9.17) is 4.74 Å². The van der Waals surface area contributed by atoms with E-state index >= 15 is 0 Å². The molecule has 3 aliphatic rings. The van der Waals surface area contributed by atoms with Gasteiger partial charge in [0.2, 0.25) is 11.8 Å². The minimum atomic E-state index is -4.53. The van der Waals surface area contributed by atoms with Gasteiger partial charge in [-0.1, -0.05) is 12.1 Å². The summed E-state index contributed by atoms with van der Waals surface area (Å²) in [5.74, 6) is 0.514. The van der Waals surface area contributed by atoms with Crippen molar-refractivity contribution in [3.8, 4) is 5.88 Å². The molecule has 0 unspecified atom stereocenters. The van der Waals surface area contributed by atoms with Crippen molar-refractivity contribution in [2.45, 2.75) is 49.5 Å². The number of halogens is 3. The third kappa shape index (κ3) is 5.48. The van der Waals surface area contributed by atoms with Crippen molar-refractivity contribution in [3.05, 3.63) is 53.5 Å². The number of carbonyl (C=O) groups excluding carboxylic acids is 1. The zero-order chi connectivity index (χ0) is 26.3. The molecule has 0 spiro atoms. The standard InChI is InChI=1S/C25H28F3N5O4/c1-31(24(35)36)22(16-4-6-17(7-5-16)25(26,27)28)23(34)33-9-8-32-14-19(10-18(32)13-33)37-21-12-29-20(11-30-21)15-2-3-15/h4-7,11-12,15,18-19,22H,2-3,8-10,13-14H2,1H3,(H,35,36)/t18-,19+,22-/m0/s1. The van der Waals surface area contributed by atoms with Gasteiger partial charge in [0.1, 0.15) is 12.1 Å². The summed E-state index contributed by atoms with van der Waals surface area (Å²) >= 11 is 0. The number of piperazine rings is 1. The lowest BCUT2D eigenvalue weighted by molar-refractivity contribution is -0.138. The number of carboxylic acid groups (broad SMARTS) is 1. The number of fused-ring (bicyclic) bond motifs is 1. The van der Waals surface area contributed by atoms with Gasteiger partial charge in [0.25, 0.3) is 0 Å². The fourth-order valence-corrected chi connectivity index (χ4v) is 5.10. The van der Waals surface area contributed by atoms with E-state index in [1.165, 1.54) is 7.05 Å². The number of aromatic nitrogens is 2. The highest BCUT2D eigenvalue weighted by Gasteiger charge is 2.41. The molecule has 2 aromatic rings. The second-order valence-electron chi connectivity index (χ2n) is 9.88. The van der Waals surface area contributed by atoms with Gasteiger partial charge < -0.3 is 14.7 Å². The van der Waals surface area contributed by atoms with Crippen LogP contribution in [0.3, 0.4) is 0 Å². The van der Waals surface area contributed by atoms with Gasteiger partial charge in [0.05, 0.1) is 23.7 Å². The van der Waals surface area contributed by atoms with Crippen LogP contribution >= 0.6 is 0 Å². The van der Waals surface area contributed by atoms with Crippen LogP contribution in [0.5, 0.6) is 5.88 Å². The number of ether oxygens (including phenoxy) is 1. The van der Waals surface area contributed by atoms with Gasteiger partial charge >= 0.3 is 12.3 Å². The Kier molecular flexibility index (Phi) is 6.69. The van der Waals surface area contributed by atoms with Gasteiger partial charge in [-0.2, -0.15) is 13.2 Å². The van der Waals surface area contributed by atoms with E-state index in [2.05, 4.69) is 14.9 Å². The molecular formula is C25H28F3N5O4. The molecule has 9 nitrogen and oxygen atoms in total. The quantitative estimate of drug-likeness (QED) is 0.625. The highest BCUT2D eigenvalue weighted by molar-refractivity contribution is 5.86. The van der Waals surface area contributed by atoms with Crippen LogP contribution in [0.25, 0.3) is 0 Å². The molecule has 2 amide bonds. The van der Waals surface area contributed by atoms with Crippen LogP contribution < -0.4 is 4.74 Å². The van der Waals surface area contributed by atoms with Crippen LogP contribution in [0.4, 0.5) is 18.0 Å². The molecular weight excluding hydrogens is 491 g/mol. The molecule has 2 saturated heterocycles. The van der Waals surface area contributed by atoms with E-state index < -0.39 is 29.8 Å². The molecule has 2 aliphatic heterocycles. The molecule has 5 rings (SSSR count). The SMILES string of the molecule is CN(C(=O)O)[C@H](C(=O)N1CCN2C[C@H](Oc3cnc(C4CC4)cn3)C[C@H]2C1)c1ccc(C(F)(F)F)cc1. The molecule has 3 atom stereocenters. The zero-order valence-electron chi connectivity index (χ0n) is 20.3. The molecule has 37 heavy (non-hydrogen) atoms. The molecule has 1 aromatic heterocycles. The fourth-order valence-electron chi connectivity index (χ4n) is 5.10. The third-order valence-corrected chi connectivity index (χ3v) is 7.30. The summed E-state index contributed by atoms with van der Waals surface area (Å²) in [4.78, 5) is 38.7. The molecule has 198 valence electrons. The van der Waals surface area contributed by atoms with Crippen LogP contribution in [0.1, 0.15) is 48.0 Å². The lowest BCUT2D eigenvalue weighted by Gasteiger charge is -2.39. The largest absolute Gasteiger partial charge is 0.472 e. The Morgan fingerprint density at radius 2 is 1.84 bits per heavy atom. The Morgan fingerprint density at radius 3 is 2.43 bits per heavy atom. The van der Waals surface area contributed by atoms with E-state index in [-0.39, 0.29) is 17.7 Å². The van der Waals surface area contributed by atoms with Crippen molar-refractivity contribution in [3.63, 3.8) is 0 Å². The van der Waals surface area contributed by atoms with Crippen molar-refractivity contribution in [1.82, 2.24) is 24.7 Å². The van der Waals surface area contributed by atoms with Crippen LogP contribution in [0.15, 0.2) is 36.7 Å². The molecule has 1 aliphatic carbocycles. The number of nitrogens with zero attached hydrogens (tertiary/aromatic N) is 5. The van der Waals surface area contributed by atoms with E-state index in [9.17, 15) is 27.9 Å². The maximum Gasteiger partial charge on any atom is 0.416 e. The molecule has 0 bridgehead atoms. The Bertz CT molecular complexity index is 1140. The van der Waals surface area contributed by atoms with Gasteiger partial charge in [-0.25, -0.2) is 9.78 Å². The number of hydrogen-bond donors (Lipinski definition) is 1. The second kappa shape index (κ2) is 9.81. The number of alkyl halides is 3. The average molecular weight is 520 g/mol. The topological polar surface area (TPSA) is 99.1 Å². The predicted octanol–water partition coefficient (Wildman–Crippen LogP) is 3.39. The Hall–Kier alpha value is -3.41. The zero-order valence-corrected chi connectivity index (χ0v) is 20.3. The maximum absolute atomic E-state index is 13.5. The first-order valence-electron chi connectivity index (χ1n) is 12.2. The lowest BCUT2D eigenvalue weighted by atomic mass is 10.0. The number of likely N-dealkylation sites (N-methyl/N-ethyl adjacent to an activating group) is 1. The highest BCUT2D eigenvalue weighted by Crippen LogP contribution is 2.39. The normalized spacial score (nSPS) is 22.9. The first-order chi connectivity index (χ1) is 17.6. The molecule has 1 saturated carbocycles. The smallest absolute Gasteiger partial charge is 0.416 e. The molecule has 1 N–H and O–H groups in total. The summed E-state index contributed by atoms with van der Waals surface area (Å²) < 4.78 is 45.0. The molecule has 0 radical (unpaired) electrons. The minimum Gasteiger partial charge on any atom is -0.472 e. The van der Waals surface area contributed by atoms with Crippen LogP contribution in [0.2, 0.25) is 0 Å². The number of amides is 2. The van der Waals surface area contributed by atoms with Gasteiger partial charge in [-0.3, -0.25) is 19.6 Å². The summed E-state index contributed by atoms with van der Waals surface area (Å²) in [6, 6.07) is 2.82. The average Bonchev–Trinajstić information content (AvgIpc) is 3.63. The summed E-state index contributed by atoms with van der Waals surface area (Å²) in [6.45, 7) is 2.01. The Balaban J connectivity index is 1.25. The summed E-state index contributed by atoms with van der Waals surface area (Å²) in [5.41, 5.74) is 0.309. The number of hydrogen-bond acceptors (Lipinski definition) is 6. The van der Waals surface area contributed by atoms with E-state index in [0.717, 1.165) is 47.7 Å². The van der Waals surface area contributed by atoms with Crippen molar-refractivity contribution in [2.24, 2.45) is 0 Å². The van der Waals surface area contributed by atoms with Crippen LogP contribution in [-0.4, -0.2) is 87.1 Å². The van der Waals surface area contributed by atoms with Crippen LogP contribution in [0, 0.1) is 0 Å².